The van der Waals surface area contributed by atoms with Gasteiger partial charge in [0, 0.05) is 17.9 Å². The van der Waals surface area contributed by atoms with Crippen molar-refractivity contribution in [1.82, 2.24) is 9.97 Å². The highest BCUT2D eigenvalue weighted by molar-refractivity contribution is 7.99. The van der Waals surface area contributed by atoms with Crippen molar-refractivity contribution >= 4 is 23.5 Å². The molecule has 1 aliphatic rings. The highest BCUT2D eigenvalue weighted by Crippen LogP contribution is 2.33. The number of nitrogen functional groups attached to an aromatic ring is 1. The number of nitrogens with zero attached hydrogens (tertiary/aromatic N) is 2. The zero-order chi connectivity index (χ0) is 12.1. The molecule has 17 heavy (non-hydrogen) atoms. The van der Waals surface area contributed by atoms with E-state index in [1.165, 1.54) is 32.1 Å². The van der Waals surface area contributed by atoms with Crippen molar-refractivity contribution in [2.75, 3.05) is 17.6 Å². The molecule has 0 atom stereocenters. The van der Waals surface area contributed by atoms with Crippen LogP contribution in [-0.2, 0) is 0 Å². The number of anilines is 2. The summed E-state index contributed by atoms with van der Waals surface area (Å²) in [6, 6.07) is 2.00. The van der Waals surface area contributed by atoms with E-state index in [1.54, 1.807) is 0 Å². The summed E-state index contributed by atoms with van der Waals surface area (Å²) in [5, 5.41) is 4.88. The van der Waals surface area contributed by atoms with Gasteiger partial charge in [0.15, 0.2) is 0 Å². The van der Waals surface area contributed by atoms with Gasteiger partial charge in [-0.05, 0) is 19.8 Å². The van der Waals surface area contributed by atoms with Crippen molar-refractivity contribution in [2.24, 2.45) is 0 Å². The maximum absolute atomic E-state index is 5.72. The first-order chi connectivity index (χ1) is 8.28. The Kier molecular flexibility index (Phi) is 4.48. The lowest BCUT2D eigenvalue weighted by molar-refractivity contribution is 0.515. The second kappa shape index (κ2) is 6.10. The Bertz CT molecular complexity index is 364. The minimum Gasteiger partial charge on any atom is -0.370 e. The summed E-state index contributed by atoms with van der Waals surface area (Å²) < 4.78 is 0. The van der Waals surface area contributed by atoms with Crippen LogP contribution < -0.4 is 11.1 Å². The van der Waals surface area contributed by atoms with Gasteiger partial charge >= 0.3 is 0 Å². The van der Waals surface area contributed by atoms with E-state index in [2.05, 4.69) is 15.3 Å². The van der Waals surface area contributed by atoms with Gasteiger partial charge in [0.25, 0.3) is 0 Å². The lowest BCUT2D eigenvalue weighted by Gasteiger charge is -2.20. The van der Waals surface area contributed by atoms with Gasteiger partial charge in [-0.2, -0.15) is 4.98 Å². The monoisotopic (exact) mass is 252 g/mol. The average molecular weight is 252 g/mol. The molecule has 0 aliphatic heterocycles. The van der Waals surface area contributed by atoms with Crippen LogP contribution in [0.3, 0.4) is 0 Å². The third kappa shape index (κ3) is 3.77. The Hall–Kier alpha value is -0.970. The molecule has 2 rings (SSSR count). The molecule has 0 saturated heterocycles. The van der Waals surface area contributed by atoms with Crippen molar-refractivity contribution in [3.8, 4) is 0 Å². The fourth-order valence-corrected chi connectivity index (χ4v) is 3.37. The molecule has 0 spiro atoms. The SMILES string of the molecule is CCNc1cc(SC2CCCCC2)nc(N)n1. The number of nitrogens with one attached hydrogen (secondary N) is 1. The molecule has 0 bridgehead atoms. The van der Waals surface area contributed by atoms with Crippen LogP contribution >= 0.6 is 11.8 Å². The number of hydrogen-bond acceptors (Lipinski definition) is 5. The standard InChI is InChI=1S/C12H20N4S/c1-2-14-10-8-11(16-12(13)15-10)17-9-6-4-3-5-7-9/h8-9H,2-7H2,1H3,(H3,13,14,15,16). The van der Waals surface area contributed by atoms with Crippen LogP contribution in [0.5, 0.6) is 0 Å². The predicted molar refractivity (Wildman–Crippen MR) is 73.3 cm³/mol. The van der Waals surface area contributed by atoms with Crippen LogP contribution in [0, 0.1) is 0 Å². The number of rotatable bonds is 4. The predicted octanol–water partition coefficient (Wildman–Crippen LogP) is 2.92. The van der Waals surface area contributed by atoms with Gasteiger partial charge in [0.1, 0.15) is 10.8 Å². The summed E-state index contributed by atoms with van der Waals surface area (Å²) in [6.07, 6.45) is 6.67. The zero-order valence-electron chi connectivity index (χ0n) is 10.3. The van der Waals surface area contributed by atoms with E-state index >= 15 is 0 Å². The Labute approximate surface area is 107 Å². The molecule has 0 radical (unpaired) electrons. The van der Waals surface area contributed by atoms with Crippen LogP contribution in [-0.4, -0.2) is 21.8 Å². The fraction of sp³-hybridized carbons (Fsp3) is 0.667. The first kappa shape index (κ1) is 12.5. The number of thioether (sulfide) groups is 1. The lowest BCUT2D eigenvalue weighted by atomic mass is 10.0. The maximum Gasteiger partial charge on any atom is 0.223 e. The van der Waals surface area contributed by atoms with Crippen molar-refractivity contribution in [3.63, 3.8) is 0 Å². The molecule has 94 valence electrons. The van der Waals surface area contributed by atoms with Crippen molar-refractivity contribution in [3.05, 3.63) is 6.07 Å². The molecule has 1 saturated carbocycles. The van der Waals surface area contributed by atoms with Gasteiger partial charge in [0.2, 0.25) is 5.95 Å². The highest BCUT2D eigenvalue weighted by Gasteiger charge is 2.16. The van der Waals surface area contributed by atoms with Gasteiger partial charge in [-0.3, -0.25) is 0 Å². The number of nitrogens with two attached hydrogens (primary N) is 1. The summed E-state index contributed by atoms with van der Waals surface area (Å²) >= 11 is 1.85. The van der Waals surface area contributed by atoms with E-state index < -0.39 is 0 Å². The molecule has 0 amide bonds. The number of aromatic nitrogens is 2. The van der Waals surface area contributed by atoms with Gasteiger partial charge < -0.3 is 11.1 Å². The Morgan fingerprint density at radius 3 is 2.82 bits per heavy atom. The van der Waals surface area contributed by atoms with Crippen molar-refractivity contribution in [2.45, 2.75) is 49.3 Å². The molecule has 1 heterocycles. The van der Waals surface area contributed by atoms with Crippen LogP contribution in [0.15, 0.2) is 11.1 Å². The second-order valence-electron chi connectivity index (χ2n) is 4.36. The molecule has 1 aromatic heterocycles. The maximum atomic E-state index is 5.72. The first-order valence-corrected chi connectivity index (χ1v) is 7.21. The fourth-order valence-electron chi connectivity index (χ4n) is 2.13. The van der Waals surface area contributed by atoms with Gasteiger partial charge in [-0.25, -0.2) is 4.98 Å². The second-order valence-corrected chi connectivity index (χ2v) is 5.68. The van der Waals surface area contributed by atoms with Crippen LogP contribution in [0.2, 0.25) is 0 Å². The summed E-state index contributed by atoms with van der Waals surface area (Å²) in [4.78, 5) is 8.46. The summed E-state index contributed by atoms with van der Waals surface area (Å²) in [5.74, 6) is 1.19. The molecule has 5 heteroatoms. The quantitative estimate of drug-likeness (QED) is 0.807. The molecule has 1 aromatic rings. The Balaban J connectivity index is 2.03. The topological polar surface area (TPSA) is 63.8 Å². The molecule has 0 unspecified atom stereocenters. The average Bonchev–Trinajstić information content (AvgIpc) is 2.30. The van der Waals surface area contributed by atoms with Gasteiger partial charge in [0.05, 0.1) is 0 Å². The van der Waals surface area contributed by atoms with Crippen LogP contribution in [0.25, 0.3) is 0 Å². The summed E-state index contributed by atoms with van der Waals surface area (Å²) in [6.45, 7) is 2.90. The molecule has 1 aliphatic carbocycles. The smallest absolute Gasteiger partial charge is 0.223 e. The van der Waals surface area contributed by atoms with Gasteiger partial charge in [-0.1, -0.05) is 19.3 Å². The zero-order valence-corrected chi connectivity index (χ0v) is 11.1. The van der Waals surface area contributed by atoms with E-state index in [1.807, 2.05) is 24.8 Å². The molecular weight excluding hydrogens is 232 g/mol. The molecular formula is C12H20N4S. The third-order valence-corrected chi connectivity index (χ3v) is 4.17. The third-order valence-electron chi connectivity index (χ3n) is 2.92. The largest absolute Gasteiger partial charge is 0.370 e. The minimum atomic E-state index is 0.363. The van der Waals surface area contributed by atoms with E-state index in [-0.39, 0.29) is 0 Å². The highest BCUT2D eigenvalue weighted by atomic mass is 32.2. The van der Waals surface area contributed by atoms with Crippen LogP contribution in [0.4, 0.5) is 11.8 Å². The molecule has 0 aromatic carbocycles. The normalized spacial score (nSPS) is 17.0. The van der Waals surface area contributed by atoms with E-state index in [0.717, 1.165) is 17.4 Å². The van der Waals surface area contributed by atoms with E-state index in [9.17, 15) is 0 Å². The van der Waals surface area contributed by atoms with E-state index in [0.29, 0.717) is 11.2 Å². The van der Waals surface area contributed by atoms with E-state index in [4.69, 9.17) is 5.73 Å². The Morgan fingerprint density at radius 2 is 2.12 bits per heavy atom. The van der Waals surface area contributed by atoms with Crippen molar-refractivity contribution in [1.29, 1.82) is 0 Å². The van der Waals surface area contributed by atoms with Gasteiger partial charge in [-0.15, -0.1) is 11.8 Å². The first-order valence-electron chi connectivity index (χ1n) is 6.33. The summed E-state index contributed by atoms with van der Waals surface area (Å²) in [7, 11) is 0. The lowest BCUT2D eigenvalue weighted by Crippen LogP contribution is -2.09. The molecule has 1 fully saturated rings. The molecule has 4 nitrogen and oxygen atoms in total. The Morgan fingerprint density at radius 1 is 1.35 bits per heavy atom. The number of hydrogen-bond donors (Lipinski definition) is 2. The van der Waals surface area contributed by atoms with Crippen molar-refractivity contribution < 1.29 is 0 Å². The minimum absolute atomic E-state index is 0.363. The molecule has 3 N–H and O–H groups in total. The summed E-state index contributed by atoms with van der Waals surface area (Å²) in [5.41, 5.74) is 5.72. The van der Waals surface area contributed by atoms with Crippen LogP contribution in [0.1, 0.15) is 39.0 Å².